The summed E-state index contributed by atoms with van der Waals surface area (Å²) >= 11 is 0. The van der Waals surface area contributed by atoms with Gasteiger partial charge < -0.3 is 4.74 Å². The first kappa shape index (κ1) is 18.7. The number of hydrogen-bond acceptors (Lipinski definition) is 3. The lowest BCUT2D eigenvalue weighted by Gasteiger charge is -2.29. The Morgan fingerprint density at radius 2 is 1.92 bits per heavy atom. The molecule has 3 rings (SSSR count). The molecule has 132 valence electrons. The number of rotatable bonds is 3. The highest BCUT2D eigenvalue weighted by atomic mass is 16.5. The highest BCUT2D eigenvalue weighted by molar-refractivity contribution is 5.77. The molecule has 1 aromatic carbocycles. The Bertz CT molecular complexity index is 602. The average molecular weight is 329 g/mol. The number of carbonyl (C=O) groups excluding carboxylic acids is 1. The number of piperidine rings is 1. The fourth-order valence-electron chi connectivity index (χ4n) is 3.94. The highest BCUT2D eigenvalue weighted by Crippen LogP contribution is 2.65. The first-order chi connectivity index (χ1) is 11.4. The van der Waals surface area contributed by atoms with Gasteiger partial charge in [0, 0.05) is 13.1 Å². The molecule has 1 saturated carbocycles. The van der Waals surface area contributed by atoms with Crippen LogP contribution in [-0.2, 0) is 16.1 Å². The van der Waals surface area contributed by atoms with Crippen LogP contribution >= 0.6 is 0 Å². The Balaban J connectivity index is 0.000000471. The summed E-state index contributed by atoms with van der Waals surface area (Å²) in [6.07, 6.45) is 4.00. The van der Waals surface area contributed by atoms with Gasteiger partial charge in [-0.25, -0.2) is 0 Å². The van der Waals surface area contributed by atoms with E-state index in [9.17, 15) is 4.79 Å². The van der Waals surface area contributed by atoms with Gasteiger partial charge in [-0.2, -0.15) is 0 Å². The van der Waals surface area contributed by atoms with E-state index in [0.717, 1.165) is 13.1 Å². The molecule has 0 aromatic heterocycles. The Labute approximate surface area is 146 Å². The summed E-state index contributed by atoms with van der Waals surface area (Å²) in [5.74, 6) is 1.02. The van der Waals surface area contributed by atoms with E-state index < -0.39 is 0 Å². The molecule has 1 saturated heterocycles. The van der Waals surface area contributed by atoms with Gasteiger partial charge in [0.1, 0.15) is 6.04 Å². The van der Waals surface area contributed by atoms with Gasteiger partial charge in [0.2, 0.25) is 0 Å². The smallest absolute Gasteiger partial charge is 0.323 e. The number of esters is 1. The molecule has 3 heteroatoms. The normalized spacial score (nSPS) is 27.3. The lowest BCUT2D eigenvalue weighted by atomic mass is 10.00. The molecular formula is C21H31NO2. The number of benzene rings is 1. The third-order valence-electron chi connectivity index (χ3n) is 5.71. The zero-order valence-electron chi connectivity index (χ0n) is 15.9. The largest absolute Gasteiger partial charge is 0.468 e. The molecule has 24 heavy (non-hydrogen) atoms. The Hall–Kier alpha value is -1.61. The molecule has 0 radical (unpaired) electrons. The van der Waals surface area contributed by atoms with Crippen molar-refractivity contribution in [2.75, 3.05) is 13.7 Å². The minimum absolute atomic E-state index is 0.0698. The van der Waals surface area contributed by atoms with E-state index in [2.05, 4.69) is 49.9 Å². The van der Waals surface area contributed by atoms with Gasteiger partial charge in [0.05, 0.1) is 7.11 Å². The van der Waals surface area contributed by atoms with E-state index in [0.29, 0.717) is 17.3 Å². The van der Waals surface area contributed by atoms with Crippen LogP contribution in [0.25, 0.3) is 0 Å². The summed E-state index contributed by atoms with van der Waals surface area (Å²) < 4.78 is 5.04. The molecule has 1 heterocycles. The summed E-state index contributed by atoms with van der Waals surface area (Å²) in [6.45, 7) is 12.5. The van der Waals surface area contributed by atoms with Gasteiger partial charge in [0.15, 0.2) is 0 Å². The number of methoxy groups -OCH3 is 1. The van der Waals surface area contributed by atoms with Crippen LogP contribution in [-0.4, -0.2) is 30.6 Å². The monoisotopic (exact) mass is 329 g/mol. The van der Waals surface area contributed by atoms with E-state index in [1.807, 2.05) is 26.0 Å². The molecule has 2 fully saturated rings. The fraction of sp³-hybridized carbons (Fsp3) is 0.571. The molecule has 0 bridgehead atoms. The SMILES string of the molecule is C/C=C\C.COC(=O)C1C2C(CN1Cc1ccccc1C)C2(C)C. The van der Waals surface area contributed by atoms with E-state index in [-0.39, 0.29) is 12.0 Å². The molecule has 3 atom stereocenters. The lowest BCUT2D eigenvalue weighted by molar-refractivity contribution is -0.147. The summed E-state index contributed by atoms with van der Waals surface area (Å²) in [6, 6.07) is 8.33. The molecule has 0 amide bonds. The summed E-state index contributed by atoms with van der Waals surface area (Å²) in [5.41, 5.74) is 2.89. The number of carbonyl (C=O) groups is 1. The fourth-order valence-corrected chi connectivity index (χ4v) is 3.94. The number of hydrogen-bond donors (Lipinski definition) is 0. The zero-order valence-corrected chi connectivity index (χ0v) is 15.9. The third-order valence-corrected chi connectivity index (χ3v) is 5.71. The predicted molar refractivity (Wildman–Crippen MR) is 98.6 cm³/mol. The number of likely N-dealkylation sites (tertiary alicyclic amines) is 1. The Morgan fingerprint density at radius 1 is 1.29 bits per heavy atom. The van der Waals surface area contributed by atoms with Crippen molar-refractivity contribution in [1.82, 2.24) is 4.90 Å². The van der Waals surface area contributed by atoms with Crippen molar-refractivity contribution in [3.05, 3.63) is 47.5 Å². The summed E-state index contributed by atoms with van der Waals surface area (Å²) in [5, 5.41) is 0. The van der Waals surface area contributed by atoms with Gasteiger partial charge >= 0.3 is 5.97 Å². The highest BCUT2D eigenvalue weighted by Gasteiger charge is 2.68. The standard InChI is InChI=1S/C17H23NO2.C4H8/c1-11-7-5-6-8-12(11)9-18-10-13-14(17(13,2)3)15(18)16(19)20-4;1-3-4-2/h5-8,13-15H,9-10H2,1-4H3;3-4H,1-2H3/b;4-3-. The minimum Gasteiger partial charge on any atom is -0.468 e. The van der Waals surface area contributed by atoms with E-state index in [4.69, 9.17) is 4.74 Å². The Kier molecular flexibility index (Phi) is 5.87. The Morgan fingerprint density at radius 3 is 2.46 bits per heavy atom. The van der Waals surface area contributed by atoms with Gasteiger partial charge in [-0.15, -0.1) is 0 Å². The number of ether oxygens (including phenoxy) is 1. The van der Waals surface area contributed by atoms with Crippen molar-refractivity contribution in [2.45, 2.75) is 47.2 Å². The van der Waals surface area contributed by atoms with Gasteiger partial charge in [-0.05, 0) is 49.1 Å². The molecular weight excluding hydrogens is 298 g/mol. The minimum atomic E-state index is -0.0725. The van der Waals surface area contributed by atoms with E-state index >= 15 is 0 Å². The van der Waals surface area contributed by atoms with Crippen LogP contribution < -0.4 is 0 Å². The molecule has 2 aliphatic rings. The van der Waals surface area contributed by atoms with Crippen LogP contribution in [0.3, 0.4) is 0 Å². The van der Waals surface area contributed by atoms with Gasteiger partial charge in [-0.3, -0.25) is 9.69 Å². The topological polar surface area (TPSA) is 29.5 Å². The molecule has 3 unspecified atom stereocenters. The van der Waals surface area contributed by atoms with Gasteiger partial charge in [-0.1, -0.05) is 50.3 Å². The van der Waals surface area contributed by atoms with Crippen LogP contribution in [0.15, 0.2) is 36.4 Å². The van der Waals surface area contributed by atoms with Crippen molar-refractivity contribution in [1.29, 1.82) is 0 Å². The van der Waals surface area contributed by atoms with Crippen LogP contribution in [0.1, 0.15) is 38.8 Å². The van der Waals surface area contributed by atoms with Crippen molar-refractivity contribution in [2.24, 2.45) is 17.3 Å². The molecule has 0 spiro atoms. The zero-order chi connectivity index (χ0) is 17.9. The molecule has 1 aliphatic carbocycles. The van der Waals surface area contributed by atoms with E-state index in [1.54, 1.807) is 0 Å². The predicted octanol–water partition coefficient (Wildman–Crippen LogP) is 4.21. The molecule has 3 nitrogen and oxygen atoms in total. The first-order valence-corrected chi connectivity index (χ1v) is 8.82. The maximum Gasteiger partial charge on any atom is 0.323 e. The van der Waals surface area contributed by atoms with Gasteiger partial charge in [0.25, 0.3) is 0 Å². The number of allylic oxidation sites excluding steroid dienone is 2. The maximum atomic E-state index is 12.2. The van der Waals surface area contributed by atoms with Crippen molar-refractivity contribution in [3.63, 3.8) is 0 Å². The lowest BCUT2D eigenvalue weighted by Crippen LogP contribution is -2.42. The van der Waals surface area contributed by atoms with Crippen LogP contribution in [0.5, 0.6) is 0 Å². The summed E-state index contributed by atoms with van der Waals surface area (Å²) in [4.78, 5) is 14.5. The third kappa shape index (κ3) is 3.56. The average Bonchev–Trinajstić information content (AvgIpc) is 2.93. The maximum absolute atomic E-state index is 12.2. The number of fused-ring (bicyclic) bond motifs is 1. The quantitative estimate of drug-likeness (QED) is 0.614. The first-order valence-electron chi connectivity index (χ1n) is 8.82. The van der Waals surface area contributed by atoms with Crippen molar-refractivity contribution < 1.29 is 9.53 Å². The second-order valence-electron chi connectivity index (χ2n) is 7.44. The summed E-state index contributed by atoms with van der Waals surface area (Å²) in [7, 11) is 1.50. The second-order valence-corrected chi connectivity index (χ2v) is 7.44. The molecule has 1 aliphatic heterocycles. The van der Waals surface area contributed by atoms with Crippen LogP contribution in [0.4, 0.5) is 0 Å². The van der Waals surface area contributed by atoms with Crippen LogP contribution in [0, 0.1) is 24.2 Å². The van der Waals surface area contributed by atoms with E-state index in [1.165, 1.54) is 18.2 Å². The molecule has 1 aromatic rings. The number of nitrogens with zero attached hydrogens (tertiary/aromatic N) is 1. The van der Waals surface area contributed by atoms with Crippen LogP contribution in [0.2, 0.25) is 0 Å². The molecule has 0 N–H and O–H groups in total. The van der Waals surface area contributed by atoms with Crippen molar-refractivity contribution in [3.8, 4) is 0 Å². The second kappa shape index (κ2) is 7.52. The number of aryl methyl sites for hydroxylation is 1. The van der Waals surface area contributed by atoms with Crippen molar-refractivity contribution >= 4 is 5.97 Å².